The highest BCUT2D eigenvalue weighted by Gasteiger charge is 2.43. The summed E-state index contributed by atoms with van der Waals surface area (Å²) in [7, 11) is 2.08. The summed E-state index contributed by atoms with van der Waals surface area (Å²) in [4.78, 5) is 0. The Balaban J connectivity index is 2.01. The smallest absolute Gasteiger partial charge is 0.000491 e. The van der Waals surface area contributed by atoms with Gasteiger partial charge in [0, 0.05) is 6.54 Å². The quantitative estimate of drug-likeness (QED) is 0.615. The Kier molecular flexibility index (Phi) is 1.48. The first-order chi connectivity index (χ1) is 4.85. The highest BCUT2D eigenvalue weighted by atomic mass is 14.8. The van der Waals surface area contributed by atoms with Gasteiger partial charge in [-0.3, -0.25) is 0 Å². The average molecular weight is 139 g/mol. The molecule has 0 radical (unpaired) electrons. The van der Waals surface area contributed by atoms with Gasteiger partial charge in [0.15, 0.2) is 0 Å². The molecule has 2 aliphatic carbocycles. The number of rotatable bonds is 2. The zero-order valence-corrected chi connectivity index (χ0v) is 6.82. The van der Waals surface area contributed by atoms with Gasteiger partial charge in [-0.2, -0.15) is 0 Å². The molecular weight excluding hydrogens is 122 g/mol. The Bertz CT molecular complexity index is 123. The lowest BCUT2D eigenvalue weighted by Gasteiger charge is -2.25. The molecule has 0 spiro atoms. The van der Waals surface area contributed by atoms with E-state index in [9.17, 15) is 0 Å². The van der Waals surface area contributed by atoms with Crippen molar-refractivity contribution in [2.45, 2.75) is 32.1 Å². The van der Waals surface area contributed by atoms with Gasteiger partial charge < -0.3 is 5.32 Å². The summed E-state index contributed by atoms with van der Waals surface area (Å²) < 4.78 is 0. The van der Waals surface area contributed by atoms with Crippen molar-refractivity contribution in [1.29, 1.82) is 0 Å². The standard InChI is InChI=1S/C9H17N/c1-10-7-9-4-2-8(6-9)3-5-9/h8,10H,2-7H2,1H3. The van der Waals surface area contributed by atoms with E-state index in [0.717, 1.165) is 11.3 Å². The van der Waals surface area contributed by atoms with E-state index in [1.807, 2.05) is 0 Å². The summed E-state index contributed by atoms with van der Waals surface area (Å²) >= 11 is 0. The van der Waals surface area contributed by atoms with Crippen molar-refractivity contribution in [3.8, 4) is 0 Å². The molecule has 0 unspecified atom stereocenters. The van der Waals surface area contributed by atoms with Gasteiger partial charge in [0.05, 0.1) is 0 Å². The largest absolute Gasteiger partial charge is 0.319 e. The number of nitrogens with one attached hydrogen (secondary N) is 1. The summed E-state index contributed by atoms with van der Waals surface area (Å²) in [5, 5.41) is 3.33. The molecular formula is C9H17N. The van der Waals surface area contributed by atoms with Gasteiger partial charge in [0.25, 0.3) is 0 Å². The van der Waals surface area contributed by atoms with Crippen LogP contribution in [0.3, 0.4) is 0 Å². The molecule has 1 heteroatoms. The monoisotopic (exact) mass is 139 g/mol. The average Bonchev–Trinajstić information content (AvgIpc) is 2.46. The van der Waals surface area contributed by atoms with E-state index < -0.39 is 0 Å². The fourth-order valence-corrected chi connectivity index (χ4v) is 2.93. The Labute approximate surface area is 63.2 Å². The SMILES string of the molecule is CNCC12CCC(CC1)C2. The Hall–Kier alpha value is -0.0400. The van der Waals surface area contributed by atoms with Gasteiger partial charge in [-0.15, -0.1) is 0 Å². The van der Waals surface area contributed by atoms with Gasteiger partial charge in [0.1, 0.15) is 0 Å². The van der Waals surface area contributed by atoms with Crippen LogP contribution < -0.4 is 5.32 Å². The molecule has 0 amide bonds. The van der Waals surface area contributed by atoms with Gasteiger partial charge in [-0.05, 0) is 50.5 Å². The van der Waals surface area contributed by atoms with Crippen molar-refractivity contribution in [3.63, 3.8) is 0 Å². The first-order valence-corrected chi connectivity index (χ1v) is 4.49. The molecule has 0 aromatic rings. The van der Waals surface area contributed by atoms with Crippen LogP contribution in [0.5, 0.6) is 0 Å². The lowest BCUT2D eigenvalue weighted by Crippen LogP contribution is -2.28. The zero-order valence-electron chi connectivity index (χ0n) is 6.82. The Morgan fingerprint density at radius 2 is 2.10 bits per heavy atom. The molecule has 0 aliphatic heterocycles. The van der Waals surface area contributed by atoms with Crippen molar-refractivity contribution in [2.24, 2.45) is 11.3 Å². The number of hydrogen-bond acceptors (Lipinski definition) is 1. The minimum Gasteiger partial charge on any atom is -0.319 e. The molecule has 1 nitrogen and oxygen atoms in total. The van der Waals surface area contributed by atoms with Crippen LogP contribution in [-0.2, 0) is 0 Å². The second-order valence-electron chi connectivity index (χ2n) is 4.18. The van der Waals surface area contributed by atoms with Gasteiger partial charge in [-0.25, -0.2) is 0 Å². The van der Waals surface area contributed by atoms with Crippen LogP contribution in [0.2, 0.25) is 0 Å². The van der Waals surface area contributed by atoms with Crippen molar-refractivity contribution >= 4 is 0 Å². The minimum absolute atomic E-state index is 0.749. The van der Waals surface area contributed by atoms with Crippen molar-refractivity contribution in [3.05, 3.63) is 0 Å². The van der Waals surface area contributed by atoms with Crippen LogP contribution in [0.4, 0.5) is 0 Å². The van der Waals surface area contributed by atoms with E-state index in [-0.39, 0.29) is 0 Å². The topological polar surface area (TPSA) is 12.0 Å². The van der Waals surface area contributed by atoms with Gasteiger partial charge >= 0.3 is 0 Å². The predicted octanol–water partition coefficient (Wildman–Crippen LogP) is 1.79. The van der Waals surface area contributed by atoms with E-state index in [4.69, 9.17) is 0 Å². The van der Waals surface area contributed by atoms with E-state index in [1.165, 1.54) is 38.6 Å². The lowest BCUT2D eigenvalue weighted by molar-refractivity contribution is 0.287. The van der Waals surface area contributed by atoms with Crippen molar-refractivity contribution < 1.29 is 0 Å². The summed E-state index contributed by atoms with van der Waals surface area (Å²) in [6.45, 7) is 1.27. The lowest BCUT2D eigenvalue weighted by atomic mass is 9.84. The fourth-order valence-electron chi connectivity index (χ4n) is 2.93. The van der Waals surface area contributed by atoms with Crippen LogP contribution >= 0.6 is 0 Å². The molecule has 2 fully saturated rings. The third-order valence-corrected chi connectivity index (χ3v) is 3.44. The third kappa shape index (κ3) is 0.878. The highest BCUT2D eigenvalue weighted by molar-refractivity contribution is 4.96. The van der Waals surface area contributed by atoms with E-state index in [2.05, 4.69) is 12.4 Å². The molecule has 1 N–H and O–H groups in total. The molecule has 0 aromatic carbocycles. The maximum atomic E-state index is 3.33. The molecule has 0 saturated heterocycles. The van der Waals surface area contributed by atoms with E-state index in [0.29, 0.717) is 0 Å². The molecule has 2 rings (SSSR count). The summed E-state index contributed by atoms with van der Waals surface area (Å²) in [6, 6.07) is 0. The fraction of sp³-hybridized carbons (Fsp3) is 1.00. The summed E-state index contributed by atoms with van der Waals surface area (Å²) in [6.07, 6.45) is 7.55. The van der Waals surface area contributed by atoms with Crippen LogP contribution in [-0.4, -0.2) is 13.6 Å². The first-order valence-electron chi connectivity index (χ1n) is 4.49. The molecule has 0 heterocycles. The molecule has 2 aliphatic rings. The Morgan fingerprint density at radius 3 is 2.50 bits per heavy atom. The predicted molar refractivity (Wildman–Crippen MR) is 42.9 cm³/mol. The summed E-state index contributed by atoms with van der Waals surface area (Å²) in [5.74, 6) is 1.10. The van der Waals surface area contributed by atoms with E-state index >= 15 is 0 Å². The van der Waals surface area contributed by atoms with Crippen LogP contribution in [0.1, 0.15) is 32.1 Å². The maximum absolute atomic E-state index is 3.33. The minimum atomic E-state index is 0.749. The second-order valence-corrected chi connectivity index (χ2v) is 4.18. The Morgan fingerprint density at radius 1 is 1.40 bits per heavy atom. The molecule has 2 bridgehead atoms. The van der Waals surface area contributed by atoms with Crippen LogP contribution in [0, 0.1) is 11.3 Å². The van der Waals surface area contributed by atoms with Crippen LogP contribution in [0.15, 0.2) is 0 Å². The van der Waals surface area contributed by atoms with Crippen LogP contribution in [0.25, 0.3) is 0 Å². The summed E-state index contributed by atoms with van der Waals surface area (Å²) in [5.41, 5.74) is 0.749. The van der Waals surface area contributed by atoms with Crippen molar-refractivity contribution in [1.82, 2.24) is 5.32 Å². The molecule has 10 heavy (non-hydrogen) atoms. The molecule has 0 aromatic heterocycles. The van der Waals surface area contributed by atoms with Crippen molar-refractivity contribution in [2.75, 3.05) is 13.6 Å². The van der Waals surface area contributed by atoms with Gasteiger partial charge in [0.2, 0.25) is 0 Å². The third-order valence-electron chi connectivity index (χ3n) is 3.44. The zero-order chi connectivity index (χ0) is 7.03. The number of hydrogen-bond donors (Lipinski definition) is 1. The first kappa shape index (κ1) is 6.66. The normalized spacial score (nSPS) is 44.7. The highest BCUT2D eigenvalue weighted by Crippen LogP contribution is 2.53. The molecule has 58 valence electrons. The van der Waals surface area contributed by atoms with E-state index in [1.54, 1.807) is 0 Å². The molecule has 0 atom stereocenters. The second kappa shape index (κ2) is 2.23. The molecule has 2 saturated carbocycles. The van der Waals surface area contributed by atoms with Gasteiger partial charge in [-0.1, -0.05) is 0 Å². The number of fused-ring (bicyclic) bond motifs is 2. The maximum Gasteiger partial charge on any atom is 0.000491 e.